The molecule has 0 spiro atoms. The van der Waals surface area contributed by atoms with Crippen molar-refractivity contribution in [2.24, 2.45) is 0 Å². The highest BCUT2D eigenvalue weighted by molar-refractivity contribution is 5.79. The minimum absolute atomic E-state index is 0.123. The lowest BCUT2D eigenvalue weighted by Crippen LogP contribution is -2.49. The summed E-state index contributed by atoms with van der Waals surface area (Å²) in [5, 5.41) is 9.04. The van der Waals surface area contributed by atoms with Crippen LogP contribution in [0.15, 0.2) is 48.5 Å². The topological polar surface area (TPSA) is 59.8 Å². The summed E-state index contributed by atoms with van der Waals surface area (Å²) < 4.78 is 5.94. The molecular formula is C27H34N4O2. The number of piperazine rings is 1. The summed E-state index contributed by atoms with van der Waals surface area (Å²) in [5.74, 6) is 1.05. The van der Waals surface area contributed by atoms with Crippen molar-refractivity contribution in [1.29, 1.82) is 5.26 Å². The molecule has 0 unspecified atom stereocenters. The van der Waals surface area contributed by atoms with Crippen LogP contribution in [0.2, 0.25) is 0 Å². The largest absolute Gasteiger partial charge is 0.494 e. The van der Waals surface area contributed by atoms with Gasteiger partial charge < -0.3 is 19.4 Å². The number of nitrogens with zero attached hydrogens (tertiary/aromatic N) is 4. The van der Waals surface area contributed by atoms with Crippen LogP contribution in [0, 0.1) is 11.3 Å². The maximum Gasteiger partial charge on any atom is 0.227 e. The van der Waals surface area contributed by atoms with Crippen molar-refractivity contribution >= 4 is 11.6 Å². The van der Waals surface area contributed by atoms with E-state index >= 15 is 0 Å². The number of hydrogen-bond donors (Lipinski definition) is 0. The second-order valence-electron chi connectivity index (χ2n) is 8.96. The van der Waals surface area contributed by atoms with Gasteiger partial charge in [0.2, 0.25) is 5.91 Å². The van der Waals surface area contributed by atoms with Crippen LogP contribution in [0.4, 0.5) is 5.69 Å². The molecule has 2 aliphatic heterocycles. The first-order chi connectivity index (χ1) is 16.2. The third-order valence-corrected chi connectivity index (χ3v) is 6.58. The Hall–Kier alpha value is -3.04. The highest BCUT2D eigenvalue weighted by Crippen LogP contribution is 2.21. The fourth-order valence-corrected chi connectivity index (χ4v) is 4.67. The smallest absolute Gasteiger partial charge is 0.227 e. The molecule has 6 nitrogen and oxygen atoms in total. The van der Waals surface area contributed by atoms with Gasteiger partial charge in [-0.1, -0.05) is 18.6 Å². The van der Waals surface area contributed by atoms with Crippen molar-refractivity contribution in [2.75, 3.05) is 57.3 Å². The zero-order valence-corrected chi connectivity index (χ0v) is 19.4. The van der Waals surface area contributed by atoms with Crippen LogP contribution >= 0.6 is 0 Å². The van der Waals surface area contributed by atoms with E-state index < -0.39 is 0 Å². The van der Waals surface area contributed by atoms with Crippen LogP contribution in [0.3, 0.4) is 0 Å². The fraction of sp³-hybridized carbons (Fsp3) is 0.481. The summed E-state index contributed by atoms with van der Waals surface area (Å²) in [4.78, 5) is 19.5. The first kappa shape index (κ1) is 23.1. The predicted octanol–water partition coefficient (Wildman–Crippen LogP) is 3.70. The van der Waals surface area contributed by atoms with E-state index in [1.165, 1.54) is 38.0 Å². The predicted molar refractivity (Wildman–Crippen MR) is 130 cm³/mol. The Kier molecular flexibility index (Phi) is 8.21. The van der Waals surface area contributed by atoms with Crippen LogP contribution in [-0.2, 0) is 11.2 Å². The lowest BCUT2D eigenvalue weighted by Gasteiger charge is -2.36. The van der Waals surface area contributed by atoms with E-state index in [1.807, 2.05) is 17.0 Å². The molecule has 2 fully saturated rings. The summed E-state index contributed by atoms with van der Waals surface area (Å²) >= 11 is 0. The fourth-order valence-electron chi connectivity index (χ4n) is 4.67. The van der Waals surface area contributed by atoms with Crippen molar-refractivity contribution < 1.29 is 9.53 Å². The third-order valence-electron chi connectivity index (χ3n) is 6.58. The molecule has 4 rings (SSSR count). The van der Waals surface area contributed by atoms with Crippen LogP contribution in [-0.4, -0.2) is 68.1 Å². The Morgan fingerprint density at radius 2 is 1.70 bits per heavy atom. The zero-order chi connectivity index (χ0) is 22.9. The van der Waals surface area contributed by atoms with Crippen molar-refractivity contribution in [3.8, 4) is 11.8 Å². The molecule has 1 amide bonds. The van der Waals surface area contributed by atoms with E-state index in [9.17, 15) is 4.79 Å². The van der Waals surface area contributed by atoms with E-state index in [0.717, 1.165) is 44.0 Å². The molecule has 0 atom stereocenters. The maximum atomic E-state index is 12.7. The average molecular weight is 447 g/mol. The van der Waals surface area contributed by atoms with Gasteiger partial charge in [0.05, 0.1) is 24.7 Å². The molecule has 2 heterocycles. The highest BCUT2D eigenvalue weighted by atomic mass is 16.5. The molecular weight excluding hydrogens is 412 g/mol. The van der Waals surface area contributed by atoms with E-state index in [2.05, 4.69) is 40.1 Å². The summed E-state index contributed by atoms with van der Waals surface area (Å²) in [5.41, 5.74) is 2.66. The number of carbonyl (C=O) groups excluding carboxylic acids is 1. The van der Waals surface area contributed by atoms with Gasteiger partial charge in [-0.05, 0) is 74.3 Å². The lowest BCUT2D eigenvalue weighted by atomic mass is 10.1. The van der Waals surface area contributed by atoms with Gasteiger partial charge in [0.25, 0.3) is 0 Å². The number of amides is 1. The van der Waals surface area contributed by atoms with Gasteiger partial charge >= 0.3 is 0 Å². The van der Waals surface area contributed by atoms with E-state index in [0.29, 0.717) is 25.1 Å². The van der Waals surface area contributed by atoms with Crippen LogP contribution in [0.25, 0.3) is 0 Å². The molecule has 0 aliphatic carbocycles. The zero-order valence-electron chi connectivity index (χ0n) is 19.4. The monoisotopic (exact) mass is 446 g/mol. The Bertz CT molecular complexity index is 939. The molecule has 2 aromatic rings. The van der Waals surface area contributed by atoms with Crippen molar-refractivity contribution in [2.45, 2.75) is 32.1 Å². The Morgan fingerprint density at radius 1 is 0.939 bits per heavy atom. The Labute approximate surface area is 197 Å². The first-order valence-corrected chi connectivity index (χ1v) is 12.2. The highest BCUT2D eigenvalue weighted by Gasteiger charge is 2.21. The van der Waals surface area contributed by atoms with E-state index in [1.54, 1.807) is 12.1 Å². The third kappa shape index (κ3) is 6.72. The molecule has 0 bridgehead atoms. The van der Waals surface area contributed by atoms with Gasteiger partial charge in [-0.3, -0.25) is 4.79 Å². The second kappa shape index (κ2) is 11.7. The van der Waals surface area contributed by atoms with Crippen molar-refractivity contribution in [1.82, 2.24) is 9.80 Å². The number of nitriles is 1. The Morgan fingerprint density at radius 3 is 2.42 bits per heavy atom. The number of hydrogen-bond acceptors (Lipinski definition) is 5. The van der Waals surface area contributed by atoms with Crippen molar-refractivity contribution in [3.63, 3.8) is 0 Å². The SMILES string of the molecule is N#Cc1cccc(CC(=O)N2CCN(c3ccc(OCCCN4CCCCC4)cc3)CC2)c1. The molecule has 6 heteroatoms. The van der Waals surface area contributed by atoms with Crippen LogP contribution < -0.4 is 9.64 Å². The molecule has 0 aromatic heterocycles. The number of rotatable bonds is 8. The Balaban J connectivity index is 1.18. The molecule has 2 aliphatic rings. The molecule has 2 saturated heterocycles. The number of likely N-dealkylation sites (tertiary alicyclic amines) is 1. The van der Waals surface area contributed by atoms with Gasteiger partial charge in [0.1, 0.15) is 5.75 Å². The standard InChI is InChI=1S/C27H34N4O2/c28-22-24-7-4-6-23(20-24)21-27(32)31-17-15-30(16-18-31)25-8-10-26(11-9-25)33-19-5-14-29-12-2-1-3-13-29/h4,6-11,20H,1-3,5,12-19,21H2. The van der Waals surface area contributed by atoms with Crippen LogP contribution in [0.1, 0.15) is 36.8 Å². The molecule has 2 aromatic carbocycles. The van der Waals surface area contributed by atoms with Crippen molar-refractivity contribution in [3.05, 3.63) is 59.7 Å². The summed E-state index contributed by atoms with van der Waals surface area (Å²) in [6.45, 7) is 7.43. The number of anilines is 1. The summed E-state index contributed by atoms with van der Waals surface area (Å²) in [6, 6.07) is 17.8. The number of carbonyl (C=O) groups is 1. The minimum Gasteiger partial charge on any atom is -0.494 e. The molecule has 33 heavy (non-hydrogen) atoms. The van der Waals surface area contributed by atoms with Gasteiger partial charge in [0.15, 0.2) is 0 Å². The number of piperidine rings is 1. The molecule has 0 N–H and O–H groups in total. The normalized spacial score (nSPS) is 16.9. The molecule has 0 saturated carbocycles. The number of benzene rings is 2. The second-order valence-corrected chi connectivity index (χ2v) is 8.96. The van der Waals surface area contributed by atoms with E-state index in [-0.39, 0.29) is 5.91 Å². The summed E-state index contributed by atoms with van der Waals surface area (Å²) in [6.07, 6.45) is 5.46. The van der Waals surface area contributed by atoms with E-state index in [4.69, 9.17) is 10.00 Å². The quantitative estimate of drug-likeness (QED) is 0.579. The lowest BCUT2D eigenvalue weighted by molar-refractivity contribution is -0.130. The van der Waals surface area contributed by atoms with Gasteiger partial charge in [0, 0.05) is 38.4 Å². The minimum atomic E-state index is 0.123. The first-order valence-electron chi connectivity index (χ1n) is 12.2. The number of ether oxygens (including phenoxy) is 1. The van der Waals surface area contributed by atoms with Gasteiger partial charge in [-0.15, -0.1) is 0 Å². The molecule has 174 valence electrons. The summed E-state index contributed by atoms with van der Waals surface area (Å²) in [7, 11) is 0. The molecule has 0 radical (unpaired) electrons. The van der Waals surface area contributed by atoms with Gasteiger partial charge in [-0.2, -0.15) is 5.26 Å². The van der Waals surface area contributed by atoms with Crippen LogP contribution in [0.5, 0.6) is 5.75 Å². The average Bonchev–Trinajstić information content (AvgIpc) is 2.88. The van der Waals surface area contributed by atoms with Gasteiger partial charge in [-0.25, -0.2) is 0 Å². The maximum absolute atomic E-state index is 12.7.